The zero-order valence-electron chi connectivity index (χ0n) is 22.8. The van der Waals surface area contributed by atoms with Crippen molar-refractivity contribution in [3.63, 3.8) is 0 Å². The summed E-state index contributed by atoms with van der Waals surface area (Å²) < 4.78 is 48.9. The number of unbranched alkanes of at least 4 members (excludes halogenated alkanes) is 1. The van der Waals surface area contributed by atoms with Crippen LogP contribution in [-0.2, 0) is 38.3 Å². The van der Waals surface area contributed by atoms with Gasteiger partial charge in [-0.1, -0.05) is 20.8 Å². The van der Waals surface area contributed by atoms with Crippen LogP contribution in [0.3, 0.4) is 0 Å². The number of amides is 4. The van der Waals surface area contributed by atoms with Crippen molar-refractivity contribution in [1.29, 1.82) is 0 Å². The Bertz CT molecular complexity index is 891. The molecule has 6 unspecified atom stereocenters. The molecule has 6 atom stereocenters. The number of nitrogens with zero attached hydrogens (tertiary/aromatic N) is 1. The Morgan fingerprint density at radius 1 is 1.10 bits per heavy atom. The van der Waals surface area contributed by atoms with Crippen LogP contribution in [-0.4, -0.2) is 72.4 Å². The van der Waals surface area contributed by atoms with E-state index in [0.717, 1.165) is 6.42 Å². The van der Waals surface area contributed by atoms with Gasteiger partial charge in [-0.25, -0.2) is 4.79 Å². The molecule has 2 fully saturated rings. The van der Waals surface area contributed by atoms with Crippen LogP contribution in [0.15, 0.2) is 0 Å². The summed E-state index contributed by atoms with van der Waals surface area (Å²) >= 11 is 0. The Labute approximate surface area is 267 Å². The van der Waals surface area contributed by atoms with E-state index < -0.39 is 48.1 Å². The molecule has 11 nitrogen and oxygen atoms in total. The van der Waals surface area contributed by atoms with E-state index in [2.05, 4.69) is 12.2 Å². The number of hydrogen-bond acceptors (Lipinski definition) is 8. The van der Waals surface area contributed by atoms with E-state index in [1.807, 2.05) is 20.8 Å². The SMILES string of the molecule is [Ac].[CH2-]C(C[CH-]C(=O)NCC1OC(OCCCCC(=O)ON2C(=O)CCC2=O)C(C)C(C)C1C)NC(=O)C(F)(F)F. The maximum absolute atomic E-state index is 12.3. The molecule has 2 rings (SSSR count). The fourth-order valence-corrected chi connectivity index (χ4v) is 4.14. The van der Waals surface area contributed by atoms with Gasteiger partial charge >= 0.3 is 18.1 Å². The number of alkyl halides is 3. The van der Waals surface area contributed by atoms with Gasteiger partial charge in [0, 0.05) is 82.4 Å². The summed E-state index contributed by atoms with van der Waals surface area (Å²) in [5.41, 5.74) is 0. The van der Waals surface area contributed by atoms with E-state index in [-0.39, 0.29) is 107 Å². The first kappa shape index (κ1) is 36.6. The van der Waals surface area contributed by atoms with Gasteiger partial charge < -0.3 is 43.1 Å². The summed E-state index contributed by atoms with van der Waals surface area (Å²) in [4.78, 5) is 62.8. The number of imide groups is 1. The number of ether oxygens (including phenoxy) is 2. The van der Waals surface area contributed by atoms with E-state index in [0.29, 0.717) is 17.9 Å². The molecule has 15 heteroatoms. The smallest absolute Gasteiger partial charge is 0.378 e. The molecular formula is C25H36AcF3N3O8-2. The largest absolute Gasteiger partial charge is 0.471 e. The van der Waals surface area contributed by atoms with E-state index in [9.17, 15) is 37.1 Å². The topological polar surface area (TPSA) is 140 Å². The molecule has 40 heavy (non-hydrogen) atoms. The molecule has 2 aliphatic rings. The van der Waals surface area contributed by atoms with Gasteiger partial charge in [0.05, 0.1) is 12.0 Å². The molecule has 0 aromatic heterocycles. The van der Waals surface area contributed by atoms with E-state index in [4.69, 9.17) is 14.3 Å². The van der Waals surface area contributed by atoms with E-state index in [1.165, 1.54) is 0 Å². The van der Waals surface area contributed by atoms with Crippen molar-refractivity contribution in [3.05, 3.63) is 13.3 Å². The summed E-state index contributed by atoms with van der Waals surface area (Å²) in [6.45, 7) is 9.84. The third-order valence-corrected chi connectivity index (χ3v) is 6.90. The average Bonchev–Trinajstić information content (AvgIpc) is 3.17. The first-order valence-electron chi connectivity index (χ1n) is 12.9. The van der Waals surface area contributed by atoms with Crippen molar-refractivity contribution in [2.24, 2.45) is 17.8 Å². The van der Waals surface area contributed by atoms with Crippen LogP contribution in [0, 0.1) is 75.2 Å². The monoisotopic (exact) mass is 790 g/mol. The van der Waals surface area contributed by atoms with Gasteiger partial charge in [-0.15, -0.1) is 11.1 Å². The summed E-state index contributed by atoms with van der Waals surface area (Å²) in [6, 6.07) is -1.12. The second kappa shape index (κ2) is 16.9. The van der Waals surface area contributed by atoms with E-state index in [1.54, 1.807) is 5.32 Å². The van der Waals surface area contributed by atoms with Crippen molar-refractivity contribution in [3.8, 4) is 0 Å². The zero-order chi connectivity index (χ0) is 29.3. The number of carbonyl (C=O) groups excluding carboxylic acids is 5. The molecule has 1 radical (unpaired) electrons. The van der Waals surface area contributed by atoms with E-state index >= 15 is 0 Å². The summed E-state index contributed by atoms with van der Waals surface area (Å²) in [5, 5.41) is 4.85. The van der Waals surface area contributed by atoms with Crippen LogP contribution in [0.5, 0.6) is 0 Å². The minimum absolute atomic E-state index is 0. The van der Waals surface area contributed by atoms with Crippen molar-refractivity contribution < 1.29 is 95.5 Å². The maximum Gasteiger partial charge on any atom is 0.471 e. The standard InChI is InChI=1S/C25H36F3N3O8.Ac/c1-14(30-24(36)25(26,27)28)8-9-19(32)29-13-18-16(3)15(2)17(4)23(38-18)37-12-6-5-7-22(35)39-31-20(33)10-11-21(31)34;/h9,14-18,23H,1,5-8,10-13H2,2-4H3,(H,29,32)(H,30,36);/q-2;. The Morgan fingerprint density at radius 2 is 1.73 bits per heavy atom. The minimum Gasteiger partial charge on any atom is -0.378 e. The second-order valence-corrected chi connectivity index (χ2v) is 9.85. The number of hydrogen-bond donors (Lipinski definition) is 2. The van der Waals surface area contributed by atoms with Crippen LogP contribution in [0.2, 0.25) is 0 Å². The van der Waals surface area contributed by atoms with Gasteiger partial charge in [0.1, 0.15) is 0 Å². The molecule has 0 spiro atoms. The molecule has 4 amide bonds. The molecule has 225 valence electrons. The molecule has 0 bridgehead atoms. The number of halogens is 3. The van der Waals surface area contributed by atoms with Crippen molar-refractivity contribution in [2.45, 2.75) is 83.9 Å². The fourth-order valence-electron chi connectivity index (χ4n) is 4.14. The van der Waals surface area contributed by atoms with Crippen molar-refractivity contribution >= 4 is 29.6 Å². The third-order valence-electron chi connectivity index (χ3n) is 6.90. The average molecular weight is 791 g/mol. The molecule has 2 N–H and O–H groups in total. The number of carbonyl (C=O) groups is 5. The second-order valence-electron chi connectivity index (χ2n) is 9.85. The Hall–Kier alpha value is -1.43. The molecule has 0 aromatic rings. The van der Waals surface area contributed by atoms with Crippen LogP contribution in [0.25, 0.3) is 0 Å². The predicted octanol–water partition coefficient (Wildman–Crippen LogP) is 2.01. The van der Waals surface area contributed by atoms with Crippen LogP contribution < -0.4 is 10.6 Å². The summed E-state index contributed by atoms with van der Waals surface area (Å²) in [7, 11) is 0. The maximum atomic E-state index is 12.3. The van der Waals surface area contributed by atoms with Gasteiger partial charge in [0.15, 0.2) is 6.29 Å². The van der Waals surface area contributed by atoms with Gasteiger partial charge in [0.25, 0.3) is 11.8 Å². The van der Waals surface area contributed by atoms with Gasteiger partial charge in [-0.3, -0.25) is 14.4 Å². The molecule has 0 aliphatic carbocycles. The summed E-state index contributed by atoms with van der Waals surface area (Å²) in [6.07, 6.45) is -4.07. The molecule has 0 saturated carbocycles. The van der Waals surface area contributed by atoms with Gasteiger partial charge in [0.2, 0.25) is 0 Å². The van der Waals surface area contributed by atoms with Crippen LogP contribution in [0.1, 0.15) is 59.3 Å². The van der Waals surface area contributed by atoms with Gasteiger partial charge in [-0.2, -0.15) is 19.6 Å². The fraction of sp³-hybridized carbons (Fsp3) is 0.720. The normalized spacial score (nSPS) is 25.6. The third kappa shape index (κ3) is 11.5. The first-order chi connectivity index (χ1) is 18.2. The van der Waals surface area contributed by atoms with Crippen molar-refractivity contribution in [1.82, 2.24) is 15.7 Å². The quantitative estimate of drug-likeness (QED) is 0.164. The van der Waals surface area contributed by atoms with Gasteiger partial charge in [-0.05, 0) is 24.7 Å². The number of nitrogens with one attached hydrogen (secondary N) is 2. The predicted molar refractivity (Wildman–Crippen MR) is 128 cm³/mol. The Balaban J connectivity index is 0.00000800. The zero-order valence-corrected chi connectivity index (χ0v) is 27.6. The molecule has 2 heterocycles. The molecule has 2 saturated heterocycles. The Kier molecular flexibility index (Phi) is 15.4. The number of rotatable bonds is 13. The molecule has 2 aliphatic heterocycles. The Morgan fingerprint density at radius 3 is 2.33 bits per heavy atom. The van der Waals surface area contributed by atoms with Crippen molar-refractivity contribution in [2.75, 3.05) is 13.2 Å². The number of hydroxylamine groups is 2. The first-order valence-corrected chi connectivity index (χ1v) is 12.9. The van der Waals surface area contributed by atoms with Crippen LogP contribution >= 0.6 is 0 Å². The summed E-state index contributed by atoms with van der Waals surface area (Å²) in [5.74, 6) is -4.11. The molecular weight excluding hydrogens is 754 g/mol. The minimum atomic E-state index is -5.03. The molecule has 0 aromatic carbocycles. The van der Waals surface area contributed by atoms with Crippen LogP contribution in [0.4, 0.5) is 13.2 Å².